The highest BCUT2D eigenvalue weighted by molar-refractivity contribution is 6.30. The van der Waals surface area contributed by atoms with E-state index in [4.69, 9.17) is 27.8 Å². The van der Waals surface area contributed by atoms with Crippen molar-refractivity contribution in [3.05, 3.63) is 22.6 Å². The summed E-state index contributed by atoms with van der Waals surface area (Å²) in [7, 11) is 0. The first-order valence-electron chi connectivity index (χ1n) is 6.64. The number of aliphatic hydroxyl groups excluding tert-OH is 2. The number of ether oxygens (including phenoxy) is 1. The second kappa shape index (κ2) is 5.52. The third-order valence-corrected chi connectivity index (χ3v) is 3.94. The molecule has 0 aliphatic carbocycles. The van der Waals surface area contributed by atoms with E-state index in [2.05, 4.69) is 21.3 Å². The monoisotopic (exact) mass is 339 g/mol. The third kappa shape index (κ3) is 2.28. The summed E-state index contributed by atoms with van der Waals surface area (Å²) < 4.78 is 7.04. The maximum absolute atomic E-state index is 11.9. The van der Waals surface area contributed by atoms with Gasteiger partial charge in [-0.05, 0) is 17.7 Å². The minimum absolute atomic E-state index is 0.0780. The Morgan fingerprint density at radius 3 is 3.00 bits per heavy atom. The topological polar surface area (TPSA) is 152 Å². The van der Waals surface area contributed by atoms with Crippen LogP contribution in [0.5, 0.6) is 0 Å². The van der Waals surface area contributed by atoms with Gasteiger partial charge in [0.1, 0.15) is 12.2 Å². The predicted molar refractivity (Wildman–Crippen MR) is 82.3 cm³/mol. The number of hydrogen-bond donors (Lipinski definition) is 5. The van der Waals surface area contributed by atoms with Crippen LogP contribution in [0.3, 0.4) is 0 Å². The van der Waals surface area contributed by atoms with Crippen LogP contribution in [0.15, 0.2) is 17.1 Å². The molecule has 0 amide bonds. The zero-order chi connectivity index (χ0) is 16.8. The summed E-state index contributed by atoms with van der Waals surface area (Å²) in [5.74, 6) is 2.43. The normalized spacial score (nSPS) is 30.3. The van der Waals surface area contributed by atoms with Crippen LogP contribution in [-0.4, -0.2) is 49.1 Å². The highest BCUT2D eigenvalue weighted by atomic mass is 35.5. The number of H-pyrrole nitrogens is 1. The number of rotatable bonds is 2. The average molecular weight is 340 g/mol. The van der Waals surface area contributed by atoms with Crippen LogP contribution in [0.2, 0.25) is 0 Å². The summed E-state index contributed by atoms with van der Waals surface area (Å²) in [6.07, 6.45) is -1.76. The van der Waals surface area contributed by atoms with E-state index in [-0.39, 0.29) is 17.0 Å². The molecule has 3 heterocycles. The van der Waals surface area contributed by atoms with Crippen LogP contribution in [0.1, 0.15) is 6.23 Å². The molecule has 7 N–H and O–H groups in total. The van der Waals surface area contributed by atoms with Gasteiger partial charge >= 0.3 is 0 Å². The molecule has 1 aliphatic rings. The van der Waals surface area contributed by atoms with Crippen LogP contribution in [-0.2, 0) is 4.74 Å². The molecular formula is C13H14ClN5O4. The lowest BCUT2D eigenvalue weighted by Gasteiger charge is -2.27. The molecule has 1 aliphatic heterocycles. The van der Waals surface area contributed by atoms with Crippen LogP contribution >= 0.6 is 11.6 Å². The van der Waals surface area contributed by atoms with E-state index < -0.39 is 36.1 Å². The SMILES string of the molecule is Nc1nc2c(ccn2[C@@H]2O[C@H](CO)[C@H](O)C2(N)C#CCl)c(=O)[nH]1. The zero-order valence-electron chi connectivity index (χ0n) is 11.7. The van der Waals surface area contributed by atoms with Gasteiger partial charge in [-0.25, -0.2) is 0 Å². The minimum atomic E-state index is -1.60. The van der Waals surface area contributed by atoms with Crippen molar-refractivity contribution in [3.63, 3.8) is 0 Å². The van der Waals surface area contributed by atoms with Crippen molar-refractivity contribution < 1.29 is 14.9 Å². The first-order valence-corrected chi connectivity index (χ1v) is 7.02. The number of nitrogens with two attached hydrogens (primary N) is 2. The second-order valence-corrected chi connectivity index (χ2v) is 5.41. The largest absolute Gasteiger partial charge is 0.394 e. The summed E-state index contributed by atoms with van der Waals surface area (Å²) in [5, 5.41) is 22.0. The summed E-state index contributed by atoms with van der Waals surface area (Å²) in [6, 6.07) is 1.51. The first kappa shape index (κ1) is 15.8. The molecule has 1 fully saturated rings. The van der Waals surface area contributed by atoms with Crippen molar-refractivity contribution in [2.24, 2.45) is 5.73 Å². The van der Waals surface area contributed by atoms with Gasteiger partial charge in [0.05, 0.1) is 12.0 Å². The Hall–Kier alpha value is -2.09. The third-order valence-electron chi connectivity index (χ3n) is 3.85. The highest BCUT2D eigenvalue weighted by Gasteiger charge is 2.54. The second-order valence-electron chi connectivity index (χ2n) is 5.22. The van der Waals surface area contributed by atoms with Crippen molar-refractivity contribution in [1.82, 2.24) is 14.5 Å². The van der Waals surface area contributed by atoms with Crippen LogP contribution in [0.25, 0.3) is 11.0 Å². The van der Waals surface area contributed by atoms with Gasteiger partial charge in [0.2, 0.25) is 5.95 Å². The fourth-order valence-corrected chi connectivity index (χ4v) is 2.88. The van der Waals surface area contributed by atoms with E-state index in [0.29, 0.717) is 0 Å². The van der Waals surface area contributed by atoms with Gasteiger partial charge in [0.25, 0.3) is 5.56 Å². The van der Waals surface area contributed by atoms with E-state index in [1.165, 1.54) is 16.8 Å². The average Bonchev–Trinajstić information content (AvgIpc) is 3.01. The molecule has 2 aromatic heterocycles. The van der Waals surface area contributed by atoms with Gasteiger partial charge in [0, 0.05) is 11.6 Å². The molecule has 0 saturated carbocycles. The van der Waals surface area contributed by atoms with Gasteiger partial charge in [-0.1, -0.05) is 5.92 Å². The van der Waals surface area contributed by atoms with E-state index in [9.17, 15) is 15.0 Å². The van der Waals surface area contributed by atoms with Crippen molar-refractivity contribution in [2.45, 2.75) is 24.0 Å². The molecule has 4 atom stereocenters. The number of nitrogens with one attached hydrogen (secondary N) is 1. The fourth-order valence-electron chi connectivity index (χ4n) is 2.71. The minimum Gasteiger partial charge on any atom is -0.394 e. The Bertz CT molecular complexity index is 869. The number of aromatic nitrogens is 3. The van der Waals surface area contributed by atoms with E-state index >= 15 is 0 Å². The lowest BCUT2D eigenvalue weighted by molar-refractivity contribution is -0.0445. The van der Waals surface area contributed by atoms with Gasteiger partial charge in [0.15, 0.2) is 17.4 Å². The molecule has 10 heteroatoms. The quantitative estimate of drug-likeness (QED) is 0.415. The Balaban J connectivity index is 2.20. The number of nitrogens with zero attached hydrogens (tertiary/aromatic N) is 2. The molecule has 0 aromatic carbocycles. The molecule has 122 valence electrons. The van der Waals surface area contributed by atoms with E-state index in [1.54, 1.807) is 0 Å². The standard InChI is InChI=1S/C13H14ClN5O4/c14-3-2-13(16)8(21)7(5-20)23-11(13)19-4-1-6-9(19)17-12(15)18-10(6)22/h1,4,7-8,11,20-21H,5,16H2,(H3,15,17,18,22)/t7-,8+,11-,13?/m1/s1. The summed E-state index contributed by atoms with van der Waals surface area (Å²) >= 11 is 5.45. The van der Waals surface area contributed by atoms with Crippen molar-refractivity contribution in [3.8, 4) is 11.3 Å². The van der Waals surface area contributed by atoms with E-state index in [1.807, 2.05) is 0 Å². The number of nitrogen functional groups attached to an aromatic ring is 1. The number of fused-ring (bicyclic) bond motifs is 1. The summed E-state index contributed by atoms with van der Waals surface area (Å²) in [4.78, 5) is 18.3. The number of hydrogen-bond acceptors (Lipinski definition) is 7. The Morgan fingerprint density at radius 2 is 2.35 bits per heavy atom. The maximum Gasteiger partial charge on any atom is 0.261 e. The molecule has 1 saturated heterocycles. The van der Waals surface area contributed by atoms with Gasteiger partial charge in [-0.15, -0.1) is 0 Å². The molecule has 2 aromatic rings. The summed E-state index contributed by atoms with van der Waals surface area (Å²) in [5.41, 5.74) is 9.94. The zero-order valence-corrected chi connectivity index (χ0v) is 12.5. The van der Waals surface area contributed by atoms with Gasteiger partial charge in [-0.3, -0.25) is 9.78 Å². The number of aromatic amines is 1. The van der Waals surface area contributed by atoms with Crippen LogP contribution < -0.4 is 17.0 Å². The molecule has 1 unspecified atom stereocenters. The van der Waals surface area contributed by atoms with Crippen molar-refractivity contribution >= 4 is 28.6 Å². The predicted octanol–water partition coefficient (Wildman–Crippen LogP) is -1.55. The summed E-state index contributed by atoms with van der Waals surface area (Å²) in [6.45, 7) is -0.462. The molecule has 3 rings (SSSR count). The smallest absolute Gasteiger partial charge is 0.261 e. The Kier molecular flexibility index (Phi) is 3.79. The Morgan fingerprint density at radius 1 is 1.61 bits per heavy atom. The lowest BCUT2D eigenvalue weighted by Crippen LogP contribution is -2.53. The van der Waals surface area contributed by atoms with Crippen molar-refractivity contribution in [2.75, 3.05) is 12.3 Å². The number of anilines is 1. The molecule has 0 spiro atoms. The molecule has 0 radical (unpaired) electrons. The van der Waals surface area contributed by atoms with Gasteiger partial charge in [-0.2, -0.15) is 4.98 Å². The number of halogens is 1. The highest BCUT2D eigenvalue weighted by Crippen LogP contribution is 2.37. The lowest BCUT2D eigenvalue weighted by atomic mass is 9.92. The first-order chi connectivity index (χ1) is 10.9. The van der Waals surface area contributed by atoms with Crippen molar-refractivity contribution in [1.29, 1.82) is 0 Å². The Labute approximate surface area is 134 Å². The molecule has 9 nitrogen and oxygen atoms in total. The molecular weight excluding hydrogens is 326 g/mol. The van der Waals surface area contributed by atoms with Crippen LogP contribution in [0, 0.1) is 11.3 Å². The molecule has 23 heavy (non-hydrogen) atoms. The molecule has 0 bridgehead atoms. The van der Waals surface area contributed by atoms with Gasteiger partial charge < -0.3 is 31.0 Å². The fraction of sp³-hybridized carbons (Fsp3) is 0.385. The maximum atomic E-state index is 11.9. The van der Waals surface area contributed by atoms with Crippen LogP contribution in [0.4, 0.5) is 5.95 Å². The number of aliphatic hydroxyl groups is 2. The van der Waals surface area contributed by atoms with E-state index in [0.717, 1.165) is 0 Å².